The van der Waals surface area contributed by atoms with Gasteiger partial charge in [0.2, 0.25) is 0 Å². The zero-order valence-corrected chi connectivity index (χ0v) is 19.1. The highest BCUT2D eigenvalue weighted by molar-refractivity contribution is 7.92. The number of rotatable bonds is 7. The molecule has 0 spiro atoms. The van der Waals surface area contributed by atoms with Gasteiger partial charge in [0.1, 0.15) is 5.75 Å². The zero-order chi connectivity index (χ0) is 23.4. The van der Waals surface area contributed by atoms with Crippen LogP contribution in [0.5, 0.6) is 5.75 Å². The monoisotopic (exact) mass is 460 g/mol. The third kappa shape index (κ3) is 5.51. The van der Waals surface area contributed by atoms with Crippen LogP contribution in [-0.4, -0.2) is 20.9 Å². The van der Waals surface area contributed by atoms with Crippen LogP contribution in [0.3, 0.4) is 0 Å². The van der Waals surface area contributed by atoms with Crippen LogP contribution in [0, 0.1) is 13.8 Å². The Hall–Kier alpha value is -3.84. The summed E-state index contributed by atoms with van der Waals surface area (Å²) in [5, 5.41) is 4.47. The van der Waals surface area contributed by atoms with Crippen molar-refractivity contribution in [3.8, 4) is 5.75 Å². The second-order valence-electron chi connectivity index (χ2n) is 7.82. The number of aryl methyl sites for hydroxylation is 2. The molecule has 168 valence electrons. The minimum absolute atomic E-state index is 0.0971. The lowest BCUT2D eigenvalue weighted by Gasteiger charge is -2.12. The molecule has 0 aliphatic carbocycles. The molecule has 0 aromatic heterocycles. The molecule has 0 bridgehead atoms. The van der Waals surface area contributed by atoms with Crippen molar-refractivity contribution in [2.24, 2.45) is 0 Å². The lowest BCUT2D eigenvalue weighted by Crippen LogP contribution is -2.20. The van der Waals surface area contributed by atoms with Gasteiger partial charge in [0, 0.05) is 11.1 Å². The predicted octanol–water partition coefficient (Wildman–Crippen LogP) is 5.27. The van der Waals surface area contributed by atoms with Crippen molar-refractivity contribution >= 4 is 38.1 Å². The van der Waals surface area contributed by atoms with Crippen molar-refractivity contribution < 1.29 is 17.9 Å². The van der Waals surface area contributed by atoms with Gasteiger partial charge in [-0.15, -0.1) is 0 Å². The SMILES string of the molecule is Cc1cc(C)cc(OCC(=O)Nc2ccc(S(=O)(=O)Nc3cccc4ccccc34)cc2)c1. The molecule has 0 saturated carbocycles. The Morgan fingerprint density at radius 1 is 0.848 bits per heavy atom. The summed E-state index contributed by atoms with van der Waals surface area (Å²) in [6.45, 7) is 3.78. The number of carbonyl (C=O) groups is 1. The summed E-state index contributed by atoms with van der Waals surface area (Å²) in [6, 6.07) is 24.8. The van der Waals surface area contributed by atoms with Gasteiger partial charge in [0.15, 0.2) is 6.61 Å². The van der Waals surface area contributed by atoms with E-state index >= 15 is 0 Å². The molecule has 0 heterocycles. The summed E-state index contributed by atoms with van der Waals surface area (Å²) >= 11 is 0. The number of sulfonamides is 1. The molecule has 0 aliphatic heterocycles. The number of amides is 1. The molecule has 33 heavy (non-hydrogen) atoms. The molecule has 4 aromatic rings. The van der Waals surface area contributed by atoms with Crippen molar-refractivity contribution in [3.63, 3.8) is 0 Å². The summed E-state index contributed by atoms with van der Waals surface area (Å²) in [5.74, 6) is 0.294. The second kappa shape index (κ2) is 9.34. The standard InChI is InChI=1S/C26H24N2O4S/c1-18-14-19(2)16-22(15-18)32-17-26(29)27-21-10-12-23(13-11-21)33(30,31)28-25-9-5-7-20-6-3-4-8-24(20)25/h3-16,28H,17H2,1-2H3,(H,27,29). The first-order valence-corrected chi connectivity index (χ1v) is 11.9. The number of hydrogen-bond donors (Lipinski definition) is 2. The van der Waals surface area contributed by atoms with Crippen LogP contribution < -0.4 is 14.8 Å². The Balaban J connectivity index is 1.41. The summed E-state index contributed by atoms with van der Waals surface area (Å²) in [6.07, 6.45) is 0. The fourth-order valence-corrected chi connectivity index (χ4v) is 4.68. The van der Waals surface area contributed by atoms with E-state index in [2.05, 4.69) is 10.0 Å². The number of carbonyl (C=O) groups excluding carboxylic acids is 1. The van der Waals surface area contributed by atoms with E-state index < -0.39 is 10.0 Å². The van der Waals surface area contributed by atoms with Crippen molar-refractivity contribution in [1.29, 1.82) is 0 Å². The van der Waals surface area contributed by atoms with E-state index in [1.165, 1.54) is 12.1 Å². The van der Waals surface area contributed by atoms with E-state index in [0.717, 1.165) is 21.9 Å². The van der Waals surface area contributed by atoms with Gasteiger partial charge in [0.25, 0.3) is 15.9 Å². The van der Waals surface area contributed by atoms with E-state index in [1.807, 2.05) is 62.4 Å². The smallest absolute Gasteiger partial charge is 0.262 e. The van der Waals surface area contributed by atoms with Crippen molar-refractivity contribution in [2.75, 3.05) is 16.6 Å². The van der Waals surface area contributed by atoms with Gasteiger partial charge in [-0.05, 0) is 72.8 Å². The Labute approximate surface area is 193 Å². The van der Waals surface area contributed by atoms with Crippen LogP contribution in [0.1, 0.15) is 11.1 Å². The molecule has 0 atom stereocenters. The van der Waals surface area contributed by atoms with Crippen LogP contribution in [0.4, 0.5) is 11.4 Å². The van der Waals surface area contributed by atoms with Gasteiger partial charge >= 0.3 is 0 Å². The Morgan fingerprint density at radius 3 is 2.24 bits per heavy atom. The Morgan fingerprint density at radius 2 is 1.52 bits per heavy atom. The first-order chi connectivity index (χ1) is 15.8. The molecule has 2 N–H and O–H groups in total. The first-order valence-electron chi connectivity index (χ1n) is 10.4. The lowest BCUT2D eigenvalue weighted by molar-refractivity contribution is -0.118. The molecule has 4 rings (SSSR count). The Bertz CT molecular complexity index is 1390. The van der Waals surface area contributed by atoms with E-state index in [0.29, 0.717) is 17.1 Å². The number of nitrogens with one attached hydrogen (secondary N) is 2. The molecular formula is C26H24N2O4S. The highest BCUT2D eigenvalue weighted by Crippen LogP contribution is 2.26. The van der Waals surface area contributed by atoms with Gasteiger partial charge < -0.3 is 10.1 Å². The topological polar surface area (TPSA) is 84.5 Å². The summed E-state index contributed by atoms with van der Waals surface area (Å²) < 4.78 is 34.0. The van der Waals surface area contributed by atoms with Crippen molar-refractivity contribution in [1.82, 2.24) is 0 Å². The molecule has 0 saturated heterocycles. The van der Waals surface area contributed by atoms with Crippen LogP contribution in [0.25, 0.3) is 10.8 Å². The van der Waals surface area contributed by atoms with Crippen LogP contribution >= 0.6 is 0 Å². The molecule has 1 amide bonds. The summed E-state index contributed by atoms with van der Waals surface area (Å²) in [5.41, 5.74) is 3.10. The van der Waals surface area contributed by atoms with Crippen LogP contribution in [0.15, 0.2) is 89.8 Å². The molecule has 6 nitrogen and oxygen atoms in total. The fraction of sp³-hybridized carbons (Fsp3) is 0.115. The Kier molecular flexibility index (Phi) is 6.33. The normalized spacial score (nSPS) is 11.2. The lowest BCUT2D eigenvalue weighted by atomic mass is 10.1. The van der Waals surface area contributed by atoms with Gasteiger partial charge in [-0.3, -0.25) is 9.52 Å². The quantitative estimate of drug-likeness (QED) is 0.393. The van der Waals surface area contributed by atoms with Gasteiger partial charge in [-0.1, -0.05) is 42.5 Å². The van der Waals surface area contributed by atoms with Crippen LogP contribution in [0.2, 0.25) is 0 Å². The summed E-state index contributed by atoms with van der Waals surface area (Å²) in [7, 11) is -3.79. The van der Waals surface area contributed by atoms with E-state index in [1.54, 1.807) is 24.3 Å². The molecule has 4 aromatic carbocycles. The summed E-state index contributed by atoms with van der Waals surface area (Å²) in [4.78, 5) is 12.3. The predicted molar refractivity (Wildman–Crippen MR) is 131 cm³/mol. The average molecular weight is 461 g/mol. The van der Waals surface area contributed by atoms with Gasteiger partial charge in [-0.25, -0.2) is 8.42 Å². The van der Waals surface area contributed by atoms with E-state index in [9.17, 15) is 13.2 Å². The van der Waals surface area contributed by atoms with Crippen molar-refractivity contribution in [3.05, 3.63) is 96.1 Å². The van der Waals surface area contributed by atoms with Gasteiger partial charge in [-0.2, -0.15) is 0 Å². The second-order valence-corrected chi connectivity index (χ2v) is 9.50. The third-order valence-electron chi connectivity index (χ3n) is 5.05. The van der Waals surface area contributed by atoms with E-state index in [4.69, 9.17) is 4.74 Å². The molecule has 0 aliphatic rings. The van der Waals surface area contributed by atoms with Gasteiger partial charge in [0.05, 0.1) is 10.6 Å². The van der Waals surface area contributed by atoms with Crippen molar-refractivity contribution in [2.45, 2.75) is 18.7 Å². The average Bonchev–Trinajstić information content (AvgIpc) is 2.78. The third-order valence-corrected chi connectivity index (χ3v) is 6.43. The maximum atomic E-state index is 12.9. The molecule has 0 unspecified atom stereocenters. The maximum Gasteiger partial charge on any atom is 0.262 e. The molecule has 0 radical (unpaired) electrons. The zero-order valence-electron chi connectivity index (χ0n) is 18.3. The highest BCUT2D eigenvalue weighted by atomic mass is 32.2. The minimum Gasteiger partial charge on any atom is -0.484 e. The highest BCUT2D eigenvalue weighted by Gasteiger charge is 2.16. The van der Waals surface area contributed by atoms with Crippen LogP contribution in [-0.2, 0) is 14.8 Å². The molecule has 0 fully saturated rings. The number of hydrogen-bond acceptors (Lipinski definition) is 4. The minimum atomic E-state index is -3.79. The first kappa shape index (κ1) is 22.4. The fourth-order valence-electron chi connectivity index (χ4n) is 3.60. The van der Waals surface area contributed by atoms with E-state index in [-0.39, 0.29) is 17.4 Å². The largest absolute Gasteiger partial charge is 0.484 e. The molecular weight excluding hydrogens is 436 g/mol. The number of anilines is 2. The molecule has 7 heteroatoms. The maximum absolute atomic E-state index is 12.9. The number of ether oxygens (including phenoxy) is 1. The number of benzene rings is 4. The number of fused-ring (bicyclic) bond motifs is 1.